The number of rotatable bonds is 0. The first-order chi connectivity index (χ1) is 6.84. The van der Waals surface area contributed by atoms with E-state index in [1.165, 1.54) is 34.7 Å². The largest absolute Gasteiger partial charge is 0.310 e. The van der Waals surface area contributed by atoms with Gasteiger partial charge in [0.05, 0.1) is 0 Å². The Balaban J connectivity index is 2.05. The van der Waals surface area contributed by atoms with E-state index in [4.69, 9.17) is 0 Å². The second kappa shape index (κ2) is 3.28. The van der Waals surface area contributed by atoms with E-state index in [1.807, 2.05) is 11.8 Å². The summed E-state index contributed by atoms with van der Waals surface area (Å²) in [5.74, 6) is 2.17. The van der Waals surface area contributed by atoms with Gasteiger partial charge in [0.1, 0.15) is 0 Å². The second-order valence-corrected chi connectivity index (χ2v) is 5.39. The van der Waals surface area contributed by atoms with Gasteiger partial charge in [-0.05, 0) is 43.0 Å². The van der Waals surface area contributed by atoms with Gasteiger partial charge in [-0.2, -0.15) is 0 Å². The molecule has 1 saturated heterocycles. The number of hydrogen-bond donors (Lipinski definition) is 1. The Bertz CT molecular complexity index is 361. The van der Waals surface area contributed by atoms with Crippen LogP contribution in [0.1, 0.15) is 23.6 Å². The van der Waals surface area contributed by atoms with Crippen molar-refractivity contribution in [3.8, 4) is 0 Å². The Kier molecular flexibility index (Phi) is 2.06. The number of benzene rings is 1. The molecular formula is C12H15NS. The molecule has 0 bridgehead atoms. The molecule has 2 atom stereocenters. The molecule has 3 rings (SSSR count). The van der Waals surface area contributed by atoms with E-state index in [0.717, 1.165) is 5.92 Å². The molecule has 74 valence electrons. The van der Waals surface area contributed by atoms with Gasteiger partial charge in [-0.15, -0.1) is 11.8 Å². The summed E-state index contributed by atoms with van der Waals surface area (Å²) in [7, 11) is 0. The van der Waals surface area contributed by atoms with Crippen molar-refractivity contribution in [1.29, 1.82) is 0 Å². The van der Waals surface area contributed by atoms with Crippen LogP contribution in [0.2, 0.25) is 0 Å². The first kappa shape index (κ1) is 8.81. The van der Waals surface area contributed by atoms with Gasteiger partial charge in [0.2, 0.25) is 0 Å². The molecule has 14 heavy (non-hydrogen) atoms. The predicted molar refractivity (Wildman–Crippen MR) is 60.8 cm³/mol. The van der Waals surface area contributed by atoms with Crippen LogP contribution in [0.25, 0.3) is 0 Å². The SMILES string of the molecule is Cc1ccc2c(c1)SCC1CCNC21. The van der Waals surface area contributed by atoms with Gasteiger partial charge in [-0.1, -0.05) is 12.1 Å². The van der Waals surface area contributed by atoms with E-state index in [-0.39, 0.29) is 0 Å². The second-order valence-electron chi connectivity index (χ2n) is 4.33. The third kappa shape index (κ3) is 1.29. The van der Waals surface area contributed by atoms with E-state index in [1.54, 1.807) is 0 Å². The van der Waals surface area contributed by atoms with Crippen molar-refractivity contribution >= 4 is 11.8 Å². The van der Waals surface area contributed by atoms with Gasteiger partial charge in [-0.25, -0.2) is 0 Å². The van der Waals surface area contributed by atoms with Crippen molar-refractivity contribution in [2.24, 2.45) is 5.92 Å². The summed E-state index contributed by atoms with van der Waals surface area (Å²) in [5.41, 5.74) is 2.92. The van der Waals surface area contributed by atoms with E-state index >= 15 is 0 Å². The number of thioether (sulfide) groups is 1. The van der Waals surface area contributed by atoms with Crippen LogP contribution in [0, 0.1) is 12.8 Å². The minimum Gasteiger partial charge on any atom is -0.310 e. The predicted octanol–water partition coefficient (Wildman–Crippen LogP) is 2.75. The Hall–Kier alpha value is -0.470. The smallest absolute Gasteiger partial charge is 0.0368 e. The van der Waals surface area contributed by atoms with Crippen LogP contribution >= 0.6 is 11.8 Å². The normalized spacial score (nSPS) is 29.8. The van der Waals surface area contributed by atoms with E-state index < -0.39 is 0 Å². The summed E-state index contributed by atoms with van der Waals surface area (Å²) in [5, 5.41) is 3.62. The van der Waals surface area contributed by atoms with Crippen molar-refractivity contribution in [1.82, 2.24) is 5.32 Å². The Labute approximate surface area is 89.3 Å². The highest BCUT2D eigenvalue weighted by Crippen LogP contribution is 2.43. The summed E-state index contributed by atoms with van der Waals surface area (Å²) in [6.07, 6.45) is 1.35. The molecule has 0 aromatic heterocycles. The zero-order valence-electron chi connectivity index (χ0n) is 8.42. The fraction of sp³-hybridized carbons (Fsp3) is 0.500. The fourth-order valence-electron chi connectivity index (χ4n) is 2.52. The number of aryl methyl sites for hydroxylation is 1. The lowest BCUT2D eigenvalue weighted by Gasteiger charge is -2.27. The molecule has 0 amide bonds. The van der Waals surface area contributed by atoms with Crippen LogP contribution in [-0.4, -0.2) is 12.3 Å². The molecule has 1 nitrogen and oxygen atoms in total. The van der Waals surface area contributed by atoms with Crippen LogP contribution in [0.5, 0.6) is 0 Å². The summed E-state index contributed by atoms with van der Waals surface area (Å²) in [6, 6.07) is 7.52. The molecule has 2 aliphatic heterocycles. The Morgan fingerprint density at radius 2 is 2.36 bits per heavy atom. The van der Waals surface area contributed by atoms with Gasteiger partial charge in [0.15, 0.2) is 0 Å². The molecule has 1 N–H and O–H groups in total. The lowest BCUT2D eigenvalue weighted by Crippen LogP contribution is -2.22. The monoisotopic (exact) mass is 205 g/mol. The molecule has 1 fully saturated rings. The maximum atomic E-state index is 3.62. The first-order valence-electron chi connectivity index (χ1n) is 5.31. The highest BCUT2D eigenvalue weighted by atomic mass is 32.2. The average molecular weight is 205 g/mol. The third-order valence-corrected chi connectivity index (χ3v) is 4.57. The zero-order valence-corrected chi connectivity index (χ0v) is 9.23. The van der Waals surface area contributed by atoms with Crippen molar-refractivity contribution < 1.29 is 0 Å². The van der Waals surface area contributed by atoms with Crippen LogP contribution in [0.4, 0.5) is 0 Å². The molecule has 2 unspecified atom stereocenters. The molecule has 1 aromatic rings. The van der Waals surface area contributed by atoms with Crippen molar-refractivity contribution in [2.75, 3.05) is 12.3 Å². The molecule has 0 aliphatic carbocycles. The van der Waals surface area contributed by atoms with Gasteiger partial charge >= 0.3 is 0 Å². The minimum atomic E-state index is 0.645. The van der Waals surface area contributed by atoms with Crippen LogP contribution in [-0.2, 0) is 0 Å². The van der Waals surface area contributed by atoms with Gasteiger partial charge in [0.25, 0.3) is 0 Å². The van der Waals surface area contributed by atoms with E-state index in [2.05, 4.69) is 30.4 Å². The summed E-state index contributed by atoms with van der Waals surface area (Å²) >= 11 is 2.04. The number of hydrogen-bond acceptors (Lipinski definition) is 2. The summed E-state index contributed by atoms with van der Waals surface area (Å²) in [6.45, 7) is 3.37. The molecular weight excluding hydrogens is 190 g/mol. The molecule has 0 radical (unpaired) electrons. The molecule has 0 saturated carbocycles. The summed E-state index contributed by atoms with van der Waals surface area (Å²) < 4.78 is 0. The number of nitrogens with one attached hydrogen (secondary N) is 1. The lowest BCUT2D eigenvalue weighted by atomic mass is 9.94. The topological polar surface area (TPSA) is 12.0 Å². The van der Waals surface area contributed by atoms with Gasteiger partial charge in [-0.3, -0.25) is 0 Å². The average Bonchev–Trinajstić information content (AvgIpc) is 2.65. The maximum Gasteiger partial charge on any atom is 0.0368 e. The van der Waals surface area contributed by atoms with Crippen molar-refractivity contribution in [3.63, 3.8) is 0 Å². The molecule has 1 aromatic carbocycles. The zero-order chi connectivity index (χ0) is 9.54. The van der Waals surface area contributed by atoms with E-state index in [0.29, 0.717) is 6.04 Å². The standard InChI is InChI=1S/C12H15NS/c1-8-2-3-10-11(6-8)14-7-9-4-5-13-12(9)10/h2-3,6,9,12-13H,4-5,7H2,1H3. The minimum absolute atomic E-state index is 0.645. The number of fused-ring (bicyclic) bond motifs is 3. The first-order valence-corrected chi connectivity index (χ1v) is 6.30. The van der Waals surface area contributed by atoms with Gasteiger partial charge < -0.3 is 5.32 Å². The Morgan fingerprint density at radius 3 is 3.29 bits per heavy atom. The highest BCUT2D eigenvalue weighted by Gasteiger charge is 2.33. The van der Waals surface area contributed by atoms with Gasteiger partial charge in [0, 0.05) is 16.7 Å². The van der Waals surface area contributed by atoms with Crippen LogP contribution < -0.4 is 5.32 Å². The maximum absolute atomic E-state index is 3.62. The highest BCUT2D eigenvalue weighted by molar-refractivity contribution is 7.99. The lowest BCUT2D eigenvalue weighted by molar-refractivity contribution is 0.496. The molecule has 2 aliphatic rings. The summed E-state index contributed by atoms with van der Waals surface area (Å²) in [4.78, 5) is 1.50. The molecule has 2 heteroatoms. The fourth-order valence-corrected chi connectivity index (χ4v) is 3.90. The van der Waals surface area contributed by atoms with E-state index in [9.17, 15) is 0 Å². The third-order valence-electron chi connectivity index (χ3n) is 3.31. The van der Waals surface area contributed by atoms with Crippen molar-refractivity contribution in [2.45, 2.75) is 24.3 Å². The van der Waals surface area contributed by atoms with Crippen LogP contribution in [0.3, 0.4) is 0 Å². The molecule has 0 spiro atoms. The van der Waals surface area contributed by atoms with Crippen LogP contribution in [0.15, 0.2) is 23.1 Å². The molecule has 2 heterocycles. The quantitative estimate of drug-likeness (QED) is 0.699. The van der Waals surface area contributed by atoms with Crippen molar-refractivity contribution in [3.05, 3.63) is 29.3 Å². The Morgan fingerprint density at radius 1 is 1.43 bits per heavy atom.